The predicted molar refractivity (Wildman–Crippen MR) is 127 cm³/mol. The monoisotopic (exact) mass is 532 g/mol. The molecule has 0 bridgehead atoms. The van der Waals surface area contributed by atoms with Gasteiger partial charge in [0.25, 0.3) is 5.56 Å². The van der Waals surface area contributed by atoms with Gasteiger partial charge in [0.1, 0.15) is 0 Å². The highest BCUT2D eigenvalue weighted by Crippen LogP contribution is 2.24. The number of hydrogen-bond acceptors (Lipinski definition) is 4. The first-order valence-electron chi connectivity index (χ1n) is 8.72. The van der Waals surface area contributed by atoms with Crippen molar-refractivity contribution < 1.29 is 4.79 Å². The van der Waals surface area contributed by atoms with Gasteiger partial charge < -0.3 is 0 Å². The van der Waals surface area contributed by atoms with Crippen molar-refractivity contribution in [2.24, 2.45) is 0 Å². The lowest BCUT2D eigenvalue weighted by Gasteiger charge is -2.13. The Morgan fingerprint density at radius 2 is 1.76 bits per heavy atom. The summed E-state index contributed by atoms with van der Waals surface area (Å²) in [6.07, 6.45) is 0. The minimum atomic E-state index is -0.175. The summed E-state index contributed by atoms with van der Waals surface area (Å²) in [6, 6.07) is 21.7. The molecule has 0 radical (unpaired) electrons. The molecule has 7 heteroatoms. The second kappa shape index (κ2) is 8.69. The molecule has 0 unspecified atom stereocenters. The number of fused-ring (bicyclic) bond motifs is 1. The fourth-order valence-electron chi connectivity index (χ4n) is 2.89. The number of hydrogen-bond donors (Lipinski definition) is 0. The topological polar surface area (TPSA) is 52.0 Å². The van der Waals surface area contributed by atoms with E-state index in [4.69, 9.17) is 11.6 Å². The third kappa shape index (κ3) is 4.39. The molecule has 4 rings (SSSR count). The van der Waals surface area contributed by atoms with Gasteiger partial charge in [-0.1, -0.05) is 53.7 Å². The van der Waals surface area contributed by atoms with Crippen LogP contribution in [0.15, 0.2) is 82.7 Å². The van der Waals surface area contributed by atoms with Crippen molar-refractivity contribution in [1.29, 1.82) is 0 Å². The van der Waals surface area contributed by atoms with Gasteiger partial charge in [-0.05, 0) is 65.1 Å². The molecular weight excluding hydrogens is 519 g/mol. The van der Waals surface area contributed by atoms with Gasteiger partial charge in [0.15, 0.2) is 10.9 Å². The molecular formula is C22H14ClIN2O2S. The van der Waals surface area contributed by atoms with Crippen molar-refractivity contribution >= 4 is 62.6 Å². The van der Waals surface area contributed by atoms with Crippen LogP contribution in [0.3, 0.4) is 0 Å². The minimum absolute atomic E-state index is 0.0183. The average molecular weight is 533 g/mol. The van der Waals surface area contributed by atoms with Crippen LogP contribution in [0.2, 0.25) is 5.02 Å². The highest BCUT2D eigenvalue weighted by molar-refractivity contribution is 14.1. The Bertz CT molecular complexity index is 1260. The molecule has 0 saturated heterocycles. The highest BCUT2D eigenvalue weighted by atomic mass is 127. The molecule has 0 aliphatic heterocycles. The number of nitrogens with zero attached hydrogens (tertiary/aromatic N) is 2. The number of thioether (sulfide) groups is 1. The van der Waals surface area contributed by atoms with Gasteiger partial charge in [0.2, 0.25) is 0 Å². The maximum Gasteiger partial charge on any atom is 0.266 e. The predicted octanol–water partition coefficient (Wildman–Crippen LogP) is 5.62. The van der Waals surface area contributed by atoms with Crippen LogP contribution in [-0.4, -0.2) is 21.1 Å². The number of rotatable bonds is 5. The van der Waals surface area contributed by atoms with E-state index in [-0.39, 0.29) is 17.1 Å². The quantitative estimate of drug-likeness (QED) is 0.145. The van der Waals surface area contributed by atoms with Gasteiger partial charge in [0, 0.05) is 14.2 Å². The molecule has 0 fully saturated rings. The van der Waals surface area contributed by atoms with Crippen LogP contribution in [0.25, 0.3) is 16.6 Å². The fourth-order valence-corrected chi connectivity index (χ4v) is 4.41. The molecule has 0 aliphatic carbocycles. The zero-order valence-electron chi connectivity index (χ0n) is 15.0. The first-order chi connectivity index (χ1) is 14.0. The summed E-state index contributed by atoms with van der Waals surface area (Å²) in [5.41, 5.74) is 1.72. The molecule has 144 valence electrons. The van der Waals surface area contributed by atoms with Crippen molar-refractivity contribution in [3.8, 4) is 5.69 Å². The van der Waals surface area contributed by atoms with E-state index in [0.717, 1.165) is 3.57 Å². The van der Waals surface area contributed by atoms with Crippen molar-refractivity contribution in [1.82, 2.24) is 9.55 Å². The minimum Gasteiger partial charge on any atom is -0.293 e. The zero-order valence-corrected chi connectivity index (χ0v) is 18.7. The molecule has 0 atom stereocenters. The number of carbonyl (C=O) groups is 1. The number of carbonyl (C=O) groups excluding carboxylic acids is 1. The molecule has 1 aromatic heterocycles. The summed E-state index contributed by atoms with van der Waals surface area (Å²) >= 11 is 9.43. The third-order valence-corrected chi connectivity index (χ3v) is 6.17. The molecule has 4 aromatic rings. The van der Waals surface area contributed by atoms with Crippen LogP contribution in [0, 0.1) is 3.57 Å². The lowest BCUT2D eigenvalue weighted by Crippen LogP contribution is -2.22. The van der Waals surface area contributed by atoms with Gasteiger partial charge in [-0.2, -0.15) is 0 Å². The van der Waals surface area contributed by atoms with Crippen LogP contribution in [0.4, 0.5) is 0 Å². The van der Waals surface area contributed by atoms with E-state index in [1.807, 2.05) is 36.4 Å². The van der Waals surface area contributed by atoms with Crippen LogP contribution >= 0.6 is 46.0 Å². The van der Waals surface area contributed by atoms with Crippen LogP contribution in [0.1, 0.15) is 10.4 Å². The lowest BCUT2D eigenvalue weighted by atomic mass is 10.2. The average Bonchev–Trinajstić information content (AvgIpc) is 2.74. The van der Waals surface area contributed by atoms with Gasteiger partial charge in [-0.3, -0.25) is 14.2 Å². The van der Waals surface area contributed by atoms with Crippen molar-refractivity contribution in [2.45, 2.75) is 5.16 Å². The fraction of sp³-hybridized carbons (Fsp3) is 0.0455. The Balaban J connectivity index is 1.80. The first-order valence-corrected chi connectivity index (χ1v) is 11.2. The Morgan fingerprint density at radius 1 is 1.03 bits per heavy atom. The van der Waals surface area contributed by atoms with Crippen LogP contribution in [-0.2, 0) is 0 Å². The van der Waals surface area contributed by atoms with E-state index >= 15 is 0 Å². The number of benzene rings is 3. The number of halogens is 2. The van der Waals surface area contributed by atoms with Gasteiger partial charge >= 0.3 is 0 Å². The Hall–Kier alpha value is -2.16. The number of aromatic nitrogens is 2. The maximum absolute atomic E-state index is 13.3. The summed E-state index contributed by atoms with van der Waals surface area (Å²) in [6.45, 7) is 0. The summed E-state index contributed by atoms with van der Waals surface area (Å²) in [7, 11) is 0. The molecule has 0 amide bonds. The highest BCUT2D eigenvalue weighted by Gasteiger charge is 2.16. The van der Waals surface area contributed by atoms with E-state index in [0.29, 0.717) is 32.3 Å². The van der Waals surface area contributed by atoms with Gasteiger partial charge in [-0.25, -0.2) is 4.98 Å². The largest absolute Gasteiger partial charge is 0.293 e. The second-order valence-electron chi connectivity index (χ2n) is 6.25. The van der Waals surface area contributed by atoms with E-state index in [1.165, 1.54) is 16.3 Å². The van der Waals surface area contributed by atoms with Crippen molar-refractivity contribution in [2.75, 3.05) is 5.75 Å². The number of Topliss-reactive ketones (excluding diaryl/α,β-unsaturated/α-hetero) is 1. The maximum atomic E-state index is 13.3. The standard InChI is InChI=1S/C22H14ClIN2O2S/c23-15-6-9-17(10-7-15)26-21(28)18-12-16(24)8-11-19(18)25-22(26)29-13-20(27)14-4-2-1-3-5-14/h1-12H,13H2. The van der Waals surface area contributed by atoms with Crippen LogP contribution in [0.5, 0.6) is 0 Å². The summed E-state index contributed by atoms with van der Waals surface area (Å²) in [4.78, 5) is 30.5. The Labute approximate surface area is 190 Å². The van der Waals surface area contributed by atoms with E-state index in [9.17, 15) is 9.59 Å². The van der Waals surface area contributed by atoms with Gasteiger partial charge in [-0.15, -0.1) is 0 Å². The van der Waals surface area contributed by atoms with E-state index in [2.05, 4.69) is 27.6 Å². The van der Waals surface area contributed by atoms with E-state index < -0.39 is 0 Å². The van der Waals surface area contributed by atoms with E-state index in [1.54, 1.807) is 36.4 Å². The summed E-state index contributed by atoms with van der Waals surface area (Å²) in [5.74, 6) is 0.162. The Kier molecular flexibility index (Phi) is 6.03. The molecule has 4 nitrogen and oxygen atoms in total. The second-order valence-corrected chi connectivity index (χ2v) is 8.88. The molecule has 0 spiro atoms. The molecule has 29 heavy (non-hydrogen) atoms. The number of ketones is 1. The molecule has 0 N–H and O–H groups in total. The third-order valence-electron chi connectivity index (χ3n) is 4.31. The summed E-state index contributed by atoms with van der Waals surface area (Å²) < 4.78 is 2.49. The normalized spacial score (nSPS) is 11.0. The lowest BCUT2D eigenvalue weighted by molar-refractivity contribution is 0.102. The zero-order chi connectivity index (χ0) is 20.4. The Morgan fingerprint density at radius 3 is 2.48 bits per heavy atom. The smallest absolute Gasteiger partial charge is 0.266 e. The summed E-state index contributed by atoms with van der Waals surface area (Å²) in [5, 5.41) is 1.58. The van der Waals surface area contributed by atoms with Crippen molar-refractivity contribution in [3.63, 3.8) is 0 Å². The van der Waals surface area contributed by atoms with Crippen molar-refractivity contribution in [3.05, 3.63) is 97.3 Å². The molecule has 0 aliphatic rings. The van der Waals surface area contributed by atoms with Crippen LogP contribution < -0.4 is 5.56 Å². The SMILES string of the molecule is O=C(CSc1nc2ccc(I)cc2c(=O)n1-c1ccc(Cl)cc1)c1ccccc1. The first kappa shape index (κ1) is 20.1. The van der Waals surface area contributed by atoms with Gasteiger partial charge in [0.05, 0.1) is 22.3 Å². The molecule has 1 heterocycles. The molecule has 3 aromatic carbocycles. The molecule has 0 saturated carbocycles.